The largest absolute Gasteiger partial charge is 0.478 e. The topological polar surface area (TPSA) is 50.2 Å². The molecule has 0 aliphatic heterocycles. The Morgan fingerprint density at radius 2 is 2.00 bits per heavy atom. The summed E-state index contributed by atoms with van der Waals surface area (Å²) in [6, 6.07) is 9.66. The van der Waals surface area contributed by atoms with Crippen molar-refractivity contribution in [3.05, 3.63) is 64.6 Å². The molecule has 0 bridgehead atoms. The summed E-state index contributed by atoms with van der Waals surface area (Å²) in [5.74, 6) is -1.58. The van der Waals surface area contributed by atoms with Crippen molar-refractivity contribution in [1.29, 1.82) is 0 Å². The van der Waals surface area contributed by atoms with Crippen LogP contribution in [0, 0.1) is 12.7 Å². The van der Waals surface area contributed by atoms with E-state index in [4.69, 9.17) is 16.7 Å². The molecule has 22 heavy (non-hydrogen) atoms. The Kier molecular flexibility index (Phi) is 3.54. The van der Waals surface area contributed by atoms with Crippen LogP contribution in [0.25, 0.3) is 22.0 Å². The molecule has 110 valence electrons. The van der Waals surface area contributed by atoms with Crippen molar-refractivity contribution in [2.75, 3.05) is 0 Å². The molecular formula is C17H11ClFNO2. The van der Waals surface area contributed by atoms with Crippen LogP contribution in [0.5, 0.6) is 0 Å². The molecule has 3 nitrogen and oxygen atoms in total. The second-order valence-corrected chi connectivity index (χ2v) is 5.36. The van der Waals surface area contributed by atoms with Gasteiger partial charge in [0.25, 0.3) is 0 Å². The van der Waals surface area contributed by atoms with Gasteiger partial charge in [-0.25, -0.2) is 9.18 Å². The van der Waals surface area contributed by atoms with Crippen LogP contribution in [0.4, 0.5) is 4.39 Å². The first-order valence-electron chi connectivity index (χ1n) is 6.56. The molecule has 0 fully saturated rings. The quantitative estimate of drug-likeness (QED) is 0.745. The van der Waals surface area contributed by atoms with Gasteiger partial charge in [-0.3, -0.25) is 4.98 Å². The van der Waals surface area contributed by atoms with Crippen LogP contribution in [0.15, 0.2) is 42.6 Å². The highest BCUT2D eigenvalue weighted by atomic mass is 35.5. The lowest BCUT2D eigenvalue weighted by atomic mass is 9.98. The second kappa shape index (κ2) is 5.39. The maximum absolute atomic E-state index is 14.0. The van der Waals surface area contributed by atoms with E-state index in [0.29, 0.717) is 27.1 Å². The van der Waals surface area contributed by atoms with Crippen molar-refractivity contribution in [1.82, 2.24) is 4.98 Å². The van der Waals surface area contributed by atoms with Gasteiger partial charge in [0.1, 0.15) is 5.82 Å². The number of aromatic carboxylic acids is 1. The lowest BCUT2D eigenvalue weighted by Gasteiger charge is -2.11. The van der Waals surface area contributed by atoms with E-state index >= 15 is 0 Å². The van der Waals surface area contributed by atoms with Crippen molar-refractivity contribution in [3.63, 3.8) is 0 Å². The third-order valence-electron chi connectivity index (χ3n) is 3.54. The number of nitrogens with zero attached hydrogens (tertiary/aromatic N) is 1. The maximum atomic E-state index is 14.0. The molecule has 1 heterocycles. The SMILES string of the molecule is Cc1cccc(Cl)c1-c1ncc(F)c2ccc(C(=O)O)cc12. The zero-order valence-electron chi connectivity index (χ0n) is 11.6. The van der Waals surface area contributed by atoms with E-state index in [-0.39, 0.29) is 5.56 Å². The predicted octanol–water partition coefficient (Wildman–Crippen LogP) is 4.70. The Hall–Kier alpha value is -2.46. The molecular weight excluding hydrogens is 305 g/mol. The average Bonchev–Trinajstić information content (AvgIpc) is 2.49. The summed E-state index contributed by atoms with van der Waals surface area (Å²) in [7, 11) is 0. The van der Waals surface area contributed by atoms with Gasteiger partial charge in [0.15, 0.2) is 0 Å². The number of benzene rings is 2. The molecule has 0 unspecified atom stereocenters. The van der Waals surface area contributed by atoms with Crippen LogP contribution in [-0.4, -0.2) is 16.1 Å². The van der Waals surface area contributed by atoms with E-state index in [0.717, 1.165) is 11.8 Å². The van der Waals surface area contributed by atoms with Gasteiger partial charge in [0.05, 0.1) is 22.5 Å². The number of aromatic nitrogens is 1. The Morgan fingerprint density at radius 3 is 2.68 bits per heavy atom. The lowest BCUT2D eigenvalue weighted by Crippen LogP contribution is -1.98. The summed E-state index contributed by atoms with van der Waals surface area (Å²) < 4.78 is 14.0. The van der Waals surface area contributed by atoms with Crippen molar-refractivity contribution in [2.45, 2.75) is 6.92 Å². The Morgan fingerprint density at radius 1 is 1.23 bits per heavy atom. The van der Waals surface area contributed by atoms with Crippen LogP contribution in [0.3, 0.4) is 0 Å². The second-order valence-electron chi connectivity index (χ2n) is 4.95. The monoisotopic (exact) mass is 315 g/mol. The van der Waals surface area contributed by atoms with E-state index in [1.165, 1.54) is 18.2 Å². The number of fused-ring (bicyclic) bond motifs is 1. The molecule has 0 saturated heterocycles. The molecule has 3 rings (SSSR count). The van der Waals surface area contributed by atoms with Gasteiger partial charge in [0, 0.05) is 16.3 Å². The zero-order valence-corrected chi connectivity index (χ0v) is 12.4. The molecule has 5 heteroatoms. The first-order valence-corrected chi connectivity index (χ1v) is 6.94. The number of carbonyl (C=O) groups is 1. The van der Waals surface area contributed by atoms with Crippen molar-refractivity contribution in [3.8, 4) is 11.3 Å². The molecule has 3 aromatic rings. The van der Waals surface area contributed by atoms with E-state index in [2.05, 4.69) is 4.98 Å². The summed E-state index contributed by atoms with van der Waals surface area (Å²) in [5.41, 5.74) is 2.11. The van der Waals surface area contributed by atoms with E-state index < -0.39 is 11.8 Å². The van der Waals surface area contributed by atoms with Gasteiger partial charge in [-0.2, -0.15) is 0 Å². The molecule has 0 radical (unpaired) electrons. The minimum atomic E-state index is -1.08. The molecule has 2 aromatic carbocycles. The molecule has 0 atom stereocenters. The zero-order chi connectivity index (χ0) is 15.9. The van der Waals surface area contributed by atoms with Gasteiger partial charge in [0.2, 0.25) is 0 Å². The van der Waals surface area contributed by atoms with Gasteiger partial charge in [-0.1, -0.05) is 29.8 Å². The smallest absolute Gasteiger partial charge is 0.335 e. The highest BCUT2D eigenvalue weighted by Crippen LogP contribution is 2.35. The van der Waals surface area contributed by atoms with Gasteiger partial charge < -0.3 is 5.11 Å². The van der Waals surface area contributed by atoms with Crippen LogP contribution in [0.2, 0.25) is 5.02 Å². The van der Waals surface area contributed by atoms with Crippen molar-refractivity contribution in [2.24, 2.45) is 0 Å². The molecule has 0 amide bonds. The molecule has 1 aromatic heterocycles. The molecule has 0 aliphatic carbocycles. The number of aryl methyl sites for hydroxylation is 1. The molecule has 1 N–H and O–H groups in total. The highest BCUT2D eigenvalue weighted by molar-refractivity contribution is 6.33. The summed E-state index contributed by atoms with van der Waals surface area (Å²) in [6.07, 6.45) is 1.13. The fraction of sp³-hybridized carbons (Fsp3) is 0.0588. The van der Waals surface area contributed by atoms with Crippen LogP contribution >= 0.6 is 11.6 Å². The number of hydrogen-bond donors (Lipinski definition) is 1. The molecule has 0 saturated carbocycles. The number of halogens is 2. The van der Waals surface area contributed by atoms with Crippen molar-refractivity contribution >= 4 is 28.3 Å². The predicted molar refractivity (Wildman–Crippen MR) is 83.8 cm³/mol. The summed E-state index contributed by atoms with van der Waals surface area (Å²) in [4.78, 5) is 15.3. The number of carboxylic acids is 1. The molecule has 0 aliphatic rings. The van der Waals surface area contributed by atoms with Gasteiger partial charge in [-0.15, -0.1) is 0 Å². The minimum Gasteiger partial charge on any atom is -0.478 e. The number of carboxylic acid groups (broad SMARTS) is 1. The first-order chi connectivity index (χ1) is 10.5. The van der Waals surface area contributed by atoms with Crippen LogP contribution in [-0.2, 0) is 0 Å². The summed E-state index contributed by atoms with van der Waals surface area (Å²) in [5, 5.41) is 10.4. The summed E-state index contributed by atoms with van der Waals surface area (Å²) in [6.45, 7) is 1.87. The maximum Gasteiger partial charge on any atom is 0.335 e. The Balaban J connectivity index is 2.41. The third kappa shape index (κ3) is 2.31. The van der Waals surface area contributed by atoms with Crippen LogP contribution < -0.4 is 0 Å². The highest BCUT2D eigenvalue weighted by Gasteiger charge is 2.15. The first kappa shape index (κ1) is 14.5. The standard InChI is InChI=1S/C17H11ClFNO2/c1-9-3-2-4-13(18)15(9)16-12-7-10(17(21)22)5-6-11(12)14(19)8-20-16/h2-8H,1H3,(H,21,22). The fourth-order valence-corrected chi connectivity index (χ4v) is 2.78. The van der Waals surface area contributed by atoms with Gasteiger partial charge >= 0.3 is 5.97 Å². The molecule has 0 spiro atoms. The van der Waals surface area contributed by atoms with Crippen molar-refractivity contribution < 1.29 is 14.3 Å². The number of hydrogen-bond acceptors (Lipinski definition) is 2. The fourth-order valence-electron chi connectivity index (χ4n) is 2.47. The number of pyridine rings is 1. The third-order valence-corrected chi connectivity index (χ3v) is 3.86. The van der Waals surface area contributed by atoms with Crippen LogP contribution in [0.1, 0.15) is 15.9 Å². The van der Waals surface area contributed by atoms with E-state index in [9.17, 15) is 9.18 Å². The number of rotatable bonds is 2. The average molecular weight is 316 g/mol. The van der Waals surface area contributed by atoms with E-state index in [1.54, 1.807) is 6.07 Å². The normalized spacial score (nSPS) is 10.9. The Labute approximate surface area is 131 Å². The Bertz CT molecular complexity index is 888. The lowest BCUT2D eigenvalue weighted by molar-refractivity contribution is 0.0697. The minimum absolute atomic E-state index is 0.0749. The van der Waals surface area contributed by atoms with Gasteiger partial charge in [-0.05, 0) is 30.7 Å². The summed E-state index contributed by atoms with van der Waals surface area (Å²) >= 11 is 6.26. The van der Waals surface area contributed by atoms with E-state index in [1.807, 2.05) is 19.1 Å².